The van der Waals surface area contributed by atoms with Crippen molar-refractivity contribution in [2.24, 2.45) is 0 Å². The lowest BCUT2D eigenvalue weighted by Crippen LogP contribution is -2.33. The molecule has 1 aliphatic rings. The number of Topliss-reactive ketones (excluding diaryl/α,β-unsaturated/α-hetero) is 1. The fourth-order valence-electron chi connectivity index (χ4n) is 1.99. The predicted octanol–water partition coefficient (Wildman–Crippen LogP) is 2.48. The first kappa shape index (κ1) is 12.6. The molecule has 0 aliphatic carbocycles. The topological polar surface area (TPSA) is 37.4 Å². The van der Waals surface area contributed by atoms with Crippen LogP contribution in [0.4, 0.5) is 18.9 Å². The van der Waals surface area contributed by atoms with Crippen molar-refractivity contribution >= 4 is 17.4 Å². The summed E-state index contributed by atoms with van der Waals surface area (Å²) in [7, 11) is 0. The molecule has 0 unspecified atom stereocenters. The summed E-state index contributed by atoms with van der Waals surface area (Å²) in [6.07, 6.45) is -5.48. The van der Waals surface area contributed by atoms with Crippen LogP contribution in [0.2, 0.25) is 0 Å². The Labute approximate surface area is 101 Å². The molecule has 1 aromatic rings. The summed E-state index contributed by atoms with van der Waals surface area (Å²) in [6, 6.07) is 4.72. The third-order valence-electron chi connectivity index (χ3n) is 2.81. The smallest absolute Gasteiger partial charge is 0.304 e. The van der Waals surface area contributed by atoms with E-state index in [0.717, 1.165) is 4.90 Å². The molecular weight excluding hydrogens is 247 g/mol. The van der Waals surface area contributed by atoms with Gasteiger partial charge in [-0.25, -0.2) is 0 Å². The van der Waals surface area contributed by atoms with E-state index in [1.54, 1.807) is 19.1 Å². The highest BCUT2D eigenvalue weighted by atomic mass is 19.4. The van der Waals surface area contributed by atoms with Crippen molar-refractivity contribution in [3.63, 3.8) is 0 Å². The van der Waals surface area contributed by atoms with Gasteiger partial charge in [0.05, 0.1) is 17.7 Å². The molecule has 0 aromatic heterocycles. The van der Waals surface area contributed by atoms with Gasteiger partial charge in [-0.3, -0.25) is 9.59 Å². The molecule has 1 heterocycles. The number of amides is 1. The predicted molar refractivity (Wildman–Crippen MR) is 58.5 cm³/mol. The van der Waals surface area contributed by atoms with Gasteiger partial charge >= 0.3 is 6.18 Å². The molecular formula is C12H10F3NO2. The molecule has 0 radical (unpaired) electrons. The van der Waals surface area contributed by atoms with Gasteiger partial charge in [0.1, 0.15) is 0 Å². The van der Waals surface area contributed by atoms with Crippen molar-refractivity contribution in [1.82, 2.24) is 0 Å². The number of hydrogen-bond donors (Lipinski definition) is 0. The third kappa shape index (κ3) is 2.10. The fourth-order valence-corrected chi connectivity index (χ4v) is 1.99. The van der Waals surface area contributed by atoms with Crippen molar-refractivity contribution in [3.05, 3.63) is 29.3 Å². The largest absolute Gasteiger partial charge is 0.390 e. The van der Waals surface area contributed by atoms with Crippen LogP contribution < -0.4 is 4.90 Å². The maximum Gasteiger partial charge on any atom is 0.390 e. The molecule has 1 aliphatic heterocycles. The maximum atomic E-state index is 12.2. The van der Waals surface area contributed by atoms with Crippen LogP contribution in [0, 0.1) is 6.92 Å². The summed E-state index contributed by atoms with van der Waals surface area (Å²) >= 11 is 0. The molecule has 0 bridgehead atoms. The Morgan fingerprint density at radius 2 is 1.89 bits per heavy atom. The summed E-state index contributed by atoms with van der Waals surface area (Å²) in [4.78, 5) is 24.2. The molecule has 18 heavy (non-hydrogen) atoms. The van der Waals surface area contributed by atoms with Gasteiger partial charge < -0.3 is 4.90 Å². The van der Waals surface area contributed by atoms with E-state index in [9.17, 15) is 22.8 Å². The number of carbonyl (C=O) groups is 2. The van der Waals surface area contributed by atoms with Crippen LogP contribution in [0.15, 0.2) is 18.2 Å². The van der Waals surface area contributed by atoms with Crippen molar-refractivity contribution < 1.29 is 22.8 Å². The quantitative estimate of drug-likeness (QED) is 0.763. The molecule has 2 rings (SSSR count). The van der Waals surface area contributed by atoms with Crippen molar-refractivity contribution in [2.45, 2.75) is 19.5 Å². The van der Waals surface area contributed by atoms with E-state index in [1.165, 1.54) is 6.07 Å². The van der Waals surface area contributed by atoms with E-state index in [4.69, 9.17) is 0 Å². The minimum absolute atomic E-state index is 0.183. The molecule has 6 heteroatoms. The summed E-state index contributed by atoms with van der Waals surface area (Å²) in [5.41, 5.74) is 1.10. The number of alkyl halides is 3. The molecule has 96 valence electrons. The molecule has 3 nitrogen and oxygen atoms in total. The molecule has 0 N–H and O–H groups in total. The van der Waals surface area contributed by atoms with Gasteiger partial charge in [0.25, 0.3) is 11.7 Å². The van der Waals surface area contributed by atoms with E-state index in [2.05, 4.69) is 0 Å². The van der Waals surface area contributed by atoms with Crippen molar-refractivity contribution in [3.8, 4) is 0 Å². The van der Waals surface area contributed by atoms with Gasteiger partial charge in [0, 0.05) is 6.54 Å². The normalized spacial score (nSPS) is 15.2. The maximum absolute atomic E-state index is 12.2. The highest BCUT2D eigenvalue weighted by Crippen LogP contribution is 2.33. The van der Waals surface area contributed by atoms with Crippen LogP contribution in [0.25, 0.3) is 0 Å². The number of nitrogens with zero attached hydrogens (tertiary/aromatic N) is 1. The zero-order valence-electron chi connectivity index (χ0n) is 9.54. The monoisotopic (exact) mass is 257 g/mol. The van der Waals surface area contributed by atoms with E-state index >= 15 is 0 Å². The van der Waals surface area contributed by atoms with Crippen LogP contribution in [0.1, 0.15) is 22.3 Å². The van der Waals surface area contributed by atoms with E-state index in [1.807, 2.05) is 0 Å². The summed E-state index contributed by atoms with van der Waals surface area (Å²) in [5.74, 6) is -1.63. The highest BCUT2D eigenvalue weighted by Gasteiger charge is 2.38. The second-order valence-electron chi connectivity index (χ2n) is 4.12. The summed E-state index contributed by atoms with van der Waals surface area (Å²) < 4.78 is 36.6. The Morgan fingerprint density at radius 1 is 1.22 bits per heavy atom. The van der Waals surface area contributed by atoms with E-state index in [-0.39, 0.29) is 5.56 Å². The zero-order valence-corrected chi connectivity index (χ0v) is 9.54. The number of carbonyl (C=O) groups excluding carboxylic acids is 2. The number of benzene rings is 1. The molecule has 0 atom stereocenters. The van der Waals surface area contributed by atoms with Crippen LogP contribution in [-0.2, 0) is 4.79 Å². The molecule has 0 spiro atoms. The van der Waals surface area contributed by atoms with Gasteiger partial charge in [-0.1, -0.05) is 12.1 Å². The van der Waals surface area contributed by atoms with Crippen molar-refractivity contribution in [1.29, 1.82) is 0 Å². The Bertz CT molecular complexity index is 523. The van der Waals surface area contributed by atoms with Crippen LogP contribution in [0.3, 0.4) is 0 Å². The number of aryl methyl sites for hydroxylation is 1. The number of anilines is 1. The molecule has 1 amide bonds. The number of fused-ring (bicyclic) bond motifs is 1. The Balaban J connectivity index is 2.34. The second-order valence-corrected chi connectivity index (χ2v) is 4.12. The lowest BCUT2D eigenvalue weighted by molar-refractivity contribution is -0.133. The number of para-hydroxylation sites is 1. The lowest BCUT2D eigenvalue weighted by Gasteiger charge is -2.19. The molecule has 0 saturated heterocycles. The van der Waals surface area contributed by atoms with Crippen LogP contribution in [-0.4, -0.2) is 24.4 Å². The molecule has 0 fully saturated rings. The first-order valence-electron chi connectivity index (χ1n) is 5.34. The summed E-state index contributed by atoms with van der Waals surface area (Å²) in [5, 5.41) is 0. The van der Waals surface area contributed by atoms with Crippen molar-refractivity contribution in [2.75, 3.05) is 11.4 Å². The Hall–Kier alpha value is -1.85. The number of hydrogen-bond acceptors (Lipinski definition) is 2. The number of halogens is 3. The molecule has 0 saturated carbocycles. The average Bonchev–Trinajstić information content (AvgIpc) is 2.51. The van der Waals surface area contributed by atoms with Gasteiger partial charge in [-0.05, 0) is 18.6 Å². The van der Waals surface area contributed by atoms with Gasteiger partial charge in [0.15, 0.2) is 0 Å². The SMILES string of the molecule is Cc1cccc2c1N(CCC(F)(F)F)C(=O)C2=O. The Kier molecular flexibility index (Phi) is 2.88. The highest BCUT2D eigenvalue weighted by molar-refractivity contribution is 6.52. The fraction of sp³-hybridized carbons (Fsp3) is 0.333. The summed E-state index contributed by atoms with van der Waals surface area (Å²) in [6.45, 7) is 1.14. The minimum atomic E-state index is -4.35. The average molecular weight is 257 g/mol. The van der Waals surface area contributed by atoms with Gasteiger partial charge in [-0.15, -0.1) is 0 Å². The third-order valence-corrected chi connectivity index (χ3v) is 2.81. The second kappa shape index (κ2) is 4.12. The van der Waals surface area contributed by atoms with E-state index < -0.39 is 30.8 Å². The Morgan fingerprint density at radius 3 is 2.50 bits per heavy atom. The van der Waals surface area contributed by atoms with Gasteiger partial charge in [0.2, 0.25) is 0 Å². The standard InChI is InChI=1S/C12H10F3NO2/c1-7-3-2-4-8-9(7)16(11(18)10(8)17)6-5-12(13,14)15/h2-4H,5-6H2,1H3. The first-order valence-corrected chi connectivity index (χ1v) is 5.34. The van der Waals surface area contributed by atoms with Gasteiger partial charge in [-0.2, -0.15) is 13.2 Å². The number of rotatable bonds is 2. The minimum Gasteiger partial charge on any atom is -0.304 e. The van der Waals surface area contributed by atoms with E-state index in [0.29, 0.717) is 11.3 Å². The van der Waals surface area contributed by atoms with Crippen LogP contribution in [0.5, 0.6) is 0 Å². The zero-order chi connectivity index (χ0) is 13.5. The number of ketones is 1. The van der Waals surface area contributed by atoms with Crippen LogP contribution >= 0.6 is 0 Å². The lowest BCUT2D eigenvalue weighted by atomic mass is 10.1. The molecule has 1 aromatic carbocycles. The first-order chi connectivity index (χ1) is 8.31.